The normalized spacial score (nSPS) is 14.3. The van der Waals surface area contributed by atoms with Crippen molar-refractivity contribution in [3.63, 3.8) is 0 Å². The summed E-state index contributed by atoms with van der Waals surface area (Å²) in [5.41, 5.74) is 2.03. The molecule has 2 aromatic rings. The van der Waals surface area contributed by atoms with Gasteiger partial charge in [-0.15, -0.1) is 0 Å². The van der Waals surface area contributed by atoms with E-state index in [9.17, 15) is 14.0 Å². The number of amides is 1. The minimum atomic E-state index is -0.550. The summed E-state index contributed by atoms with van der Waals surface area (Å²) in [7, 11) is 0. The van der Waals surface area contributed by atoms with E-state index in [0.29, 0.717) is 29.2 Å². The first-order valence-electron chi connectivity index (χ1n) is 8.95. The zero-order valence-electron chi connectivity index (χ0n) is 16.0. The summed E-state index contributed by atoms with van der Waals surface area (Å²) in [4.78, 5) is 26.2. The third-order valence-electron chi connectivity index (χ3n) is 4.23. The molecule has 146 valence electrons. The molecule has 0 saturated heterocycles. The van der Waals surface area contributed by atoms with Gasteiger partial charge in [-0.25, -0.2) is 9.18 Å². The number of benzene rings is 2. The molecule has 4 nitrogen and oxygen atoms in total. The quantitative estimate of drug-likeness (QED) is 0.535. The molecular formula is C22H21ClFNO3. The average molecular weight is 402 g/mol. The highest BCUT2D eigenvalue weighted by atomic mass is 35.5. The number of esters is 1. The van der Waals surface area contributed by atoms with Crippen molar-refractivity contribution in [2.24, 2.45) is 0 Å². The van der Waals surface area contributed by atoms with E-state index in [1.54, 1.807) is 39.0 Å². The molecule has 2 aromatic carbocycles. The van der Waals surface area contributed by atoms with E-state index in [-0.39, 0.29) is 5.91 Å². The van der Waals surface area contributed by atoms with Gasteiger partial charge in [-0.3, -0.25) is 4.79 Å². The van der Waals surface area contributed by atoms with Crippen LogP contribution in [-0.2, 0) is 16.0 Å². The van der Waals surface area contributed by atoms with Gasteiger partial charge in [0.1, 0.15) is 11.4 Å². The molecule has 0 spiro atoms. The summed E-state index contributed by atoms with van der Waals surface area (Å²) in [6, 6.07) is 9.32. The molecule has 1 aliphatic rings. The van der Waals surface area contributed by atoms with Crippen LogP contribution in [0.4, 0.5) is 10.1 Å². The summed E-state index contributed by atoms with van der Waals surface area (Å²) >= 11 is 6.15. The minimum absolute atomic E-state index is 0.226. The predicted octanol–water partition coefficient (Wildman–Crippen LogP) is 5.04. The minimum Gasteiger partial charge on any atom is -0.457 e. The van der Waals surface area contributed by atoms with Crippen molar-refractivity contribution in [2.45, 2.75) is 32.8 Å². The maximum absolute atomic E-state index is 13.6. The van der Waals surface area contributed by atoms with Gasteiger partial charge in [-0.2, -0.15) is 0 Å². The lowest BCUT2D eigenvalue weighted by Gasteiger charge is -2.29. The number of halogens is 2. The Morgan fingerprint density at radius 1 is 1.21 bits per heavy atom. The molecule has 1 aliphatic heterocycles. The molecule has 0 aliphatic carbocycles. The zero-order chi connectivity index (χ0) is 20.5. The van der Waals surface area contributed by atoms with Crippen LogP contribution in [0.1, 0.15) is 42.3 Å². The second-order valence-electron chi connectivity index (χ2n) is 7.59. The molecule has 0 N–H and O–H groups in total. The van der Waals surface area contributed by atoms with Crippen molar-refractivity contribution in [3.8, 4) is 0 Å². The Morgan fingerprint density at radius 2 is 1.96 bits per heavy atom. The van der Waals surface area contributed by atoms with E-state index in [1.165, 1.54) is 29.2 Å². The molecule has 0 bridgehead atoms. The molecule has 0 saturated carbocycles. The lowest BCUT2D eigenvalue weighted by atomic mass is 9.96. The fourth-order valence-electron chi connectivity index (χ4n) is 3.03. The molecule has 1 heterocycles. The highest BCUT2D eigenvalue weighted by molar-refractivity contribution is 6.34. The van der Waals surface area contributed by atoms with Gasteiger partial charge in [0.15, 0.2) is 0 Å². The molecule has 6 heteroatoms. The van der Waals surface area contributed by atoms with Crippen LogP contribution in [0.5, 0.6) is 0 Å². The number of hydrogen-bond donors (Lipinski definition) is 0. The van der Waals surface area contributed by atoms with E-state index < -0.39 is 17.4 Å². The van der Waals surface area contributed by atoms with Crippen molar-refractivity contribution in [3.05, 3.63) is 70.0 Å². The summed E-state index contributed by atoms with van der Waals surface area (Å²) < 4.78 is 18.8. The summed E-state index contributed by atoms with van der Waals surface area (Å²) in [5, 5.41) is 0.329. The van der Waals surface area contributed by atoms with E-state index >= 15 is 0 Å². The molecule has 0 fully saturated rings. The van der Waals surface area contributed by atoms with Crippen LogP contribution >= 0.6 is 11.6 Å². The zero-order valence-corrected chi connectivity index (χ0v) is 16.7. The van der Waals surface area contributed by atoms with Crippen LogP contribution in [-0.4, -0.2) is 24.0 Å². The van der Waals surface area contributed by atoms with E-state index in [2.05, 4.69) is 0 Å². The lowest BCUT2D eigenvalue weighted by Crippen LogP contribution is -2.37. The van der Waals surface area contributed by atoms with Crippen LogP contribution < -0.4 is 4.90 Å². The first-order valence-corrected chi connectivity index (χ1v) is 9.33. The first-order chi connectivity index (χ1) is 13.1. The van der Waals surface area contributed by atoms with E-state index in [4.69, 9.17) is 16.3 Å². The highest BCUT2D eigenvalue weighted by Gasteiger charge is 2.27. The molecule has 3 rings (SSSR count). The molecular weight excluding hydrogens is 381 g/mol. The van der Waals surface area contributed by atoms with Crippen molar-refractivity contribution in [1.82, 2.24) is 0 Å². The number of carbonyl (C=O) groups is 2. The largest absolute Gasteiger partial charge is 0.457 e. The van der Waals surface area contributed by atoms with Crippen molar-refractivity contribution < 1.29 is 18.7 Å². The summed E-state index contributed by atoms with van der Waals surface area (Å²) in [6.45, 7) is 5.81. The molecule has 0 unspecified atom stereocenters. The maximum Gasteiger partial charge on any atom is 0.331 e. The smallest absolute Gasteiger partial charge is 0.331 e. The number of rotatable bonds is 3. The Labute approximate surface area is 168 Å². The molecule has 1 amide bonds. The Balaban J connectivity index is 1.81. The number of fused-ring (bicyclic) bond motifs is 1. The lowest BCUT2D eigenvalue weighted by molar-refractivity contribution is -0.148. The third-order valence-corrected chi connectivity index (χ3v) is 4.55. The number of anilines is 1. The summed E-state index contributed by atoms with van der Waals surface area (Å²) in [5.74, 6) is -1.09. The standard InChI is InChI=1S/C22H21ClFNO3/c1-22(2,3)28-20(26)9-5-14-4-7-17-15(12-14)10-11-25(21(17)27)19-13-16(24)6-8-18(19)23/h4-9,12-13H,10-11H2,1-3H3/b9-5+. The number of hydrogen-bond acceptors (Lipinski definition) is 3. The molecule has 0 radical (unpaired) electrons. The van der Waals surface area contributed by atoms with Gasteiger partial charge < -0.3 is 9.64 Å². The van der Waals surface area contributed by atoms with Crippen molar-refractivity contribution in [1.29, 1.82) is 0 Å². The highest BCUT2D eigenvalue weighted by Crippen LogP contribution is 2.31. The van der Waals surface area contributed by atoms with Gasteiger partial charge in [0.2, 0.25) is 0 Å². The van der Waals surface area contributed by atoms with Gasteiger partial charge in [0.05, 0.1) is 10.7 Å². The van der Waals surface area contributed by atoms with Crippen LogP contribution in [0, 0.1) is 5.82 Å². The fraction of sp³-hybridized carbons (Fsp3) is 0.273. The van der Waals surface area contributed by atoms with Gasteiger partial charge >= 0.3 is 5.97 Å². The third kappa shape index (κ3) is 4.60. The van der Waals surface area contributed by atoms with Gasteiger partial charge in [0, 0.05) is 18.2 Å². The number of carbonyl (C=O) groups excluding carboxylic acids is 2. The van der Waals surface area contributed by atoms with Gasteiger partial charge in [-0.05, 0) is 68.7 Å². The van der Waals surface area contributed by atoms with Crippen LogP contribution in [0.3, 0.4) is 0 Å². The van der Waals surface area contributed by atoms with E-state index in [0.717, 1.165) is 11.1 Å². The van der Waals surface area contributed by atoms with Crippen molar-refractivity contribution >= 4 is 35.2 Å². The van der Waals surface area contributed by atoms with Crippen LogP contribution in [0.15, 0.2) is 42.5 Å². The van der Waals surface area contributed by atoms with Crippen LogP contribution in [0.25, 0.3) is 6.08 Å². The summed E-state index contributed by atoms with van der Waals surface area (Å²) in [6.07, 6.45) is 3.63. The number of nitrogens with zero attached hydrogens (tertiary/aromatic N) is 1. The van der Waals surface area contributed by atoms with E-state index in [1.807, 2.05) is 6.07 Å². The Hall–Kier alpha value is -2.66. The van der Waals surface area contributed by atoms with Crippen molar-refractivity contribution in [2.75, 3.05) is 11.4 Å². The Bertz CT molecular complexity index is 963. The second kappa shape index (κ2) is 7.76. The topological polar surface area (TPSA) is 46.6 Å². The second-order valence-corrected chi connectivity index (χ2v) is 7.99. The Morgan fingerprint density at radius 3 is 2.68 bits per heavy atom. The van der Waals surface area contributed by atoms with Gasteiger partial charge in [0.25, 0.3) is 5.91 Å². The molecule has 0 aromatic heterocycles. The monoisotopic (exact) mass is 401 g/mol. The molecule has 28 heavy (non-hydrogen) atoms. The average Bonchev–Trinajstić information content (AvgIpc) is 2.61. The van der Waals surface area contributed by atoms with Gasteiger partial charge in [-0.1, -0.05) is 23.7 Å². The molecule has 0 atom stereocenters. The Kier molecular flexibility index (Phi) is 5.57. The number of ether oxygens (including phenoxy) is 1. The first kappa shape index (κ1) is 20.1. The fourth-order valence-corrected chi connectivity index (χ4v) is 3.25. The van der Waals surface area contributed by atoms with Crippen LogP contribution in [0.2, 0.25) is 5.02 Å². The SMILES string of the molecule is CC(C)(C)OC(=O)/C=C/c1ccc2c(c1)CCN(c1cc(F)ccc1Cl)C2=O. The maximum atomic E-state index is 13.6. The predicted molar refractivity (Wildman–Crippen MR) is 108 cm³/mol.